The van der Waals surface area contributed by atoms with Gasteiger partial charge in [-0.05, 0) is 65.9 Å². The summed E-state index contributed by atoms with van der Waals surface area (Å²) in [6, 6.07) is 14.2. The summed E-state index contributed by atoms with van der Waals surface area (Å²) in [5, 5.41) is 11.1. The van der Waals surface area contributed by atoms with E-state index in [4.69, 9.17) is 5.11 Å². The number of rotatable bonds is 12. The number of carbonyl (C=O) groups excluding carboxylic acids is 3. The van der Waals surface area contributed by atoms with Crippen LogP contribution in [0, 0.1) is 0 Å². The zero-order valence-corrected chi connectivity index (χ0v) is 22.1. The molecule has 3 aromatic carbocycles. The average Bonchev–Trinajstić information content (AvgIpc) is 2.90. The molecule has 14 heteroatoms. The first-order valence-electron chi connectivity index (χ1n) is 12.0. The van der Waals surface area contributed by atoms with Crippen molar-refractivity contribution >= 4 is 35.2 Å². The van der Waals surface area contributed by atoms with Gasteiger partial charge in [0, 0.05) is 34.6 Å². The Bertz CT molecular complexity index is 1440. The summed E-state index contributed by atoms with van der Waals surface area (Å²) in [5.41, 5.74) is -4.40. The summed E-state index contributed by atoms with van der Waals surface area (Å²) in [5.74, 6) is -4.87. The van der Waals surface area contributed by atoms with Gasteiger partial charge in [0.2, 0.25) is 0 Å². The minimum absolute atomic E-state index is 0.0702. The number of ether oxygens (including phenoxy) is 1. The molecule has 0 radical (unpaired) electrons. The molecule has 0 aliphatic carbocycles. The van der Waals surface area contributed by atoms with E-state index in [2.05, 4.69) is 10.1 Å². The van der Waals surface area contributed by atoms with Crippen molar-refractivity contribution in [2.45, 2.75) is 35.5 Å². The fourth-order valence-corrected chi connectivity index (χ4v) is 4.41. The van der Waals surface area contributed by atoms with Gasteiger partial charge in [-0.25, -0.2) is 0 Å². The molecule has 222 valence electrons. The van der Waals surface area contributed by atoms with Gasteiger partial charge in [-0.3, -0.25) is 19.2 Å². The minimum Gasteiger partial charge on any atom is -0.481 e. The number of hydrogen-bond donors (Lipinski definition) is 2. The molecule has 0 aliphatic heterocycles. The number of benzene rings is 3. The normalized spacial score (nSPS) is 12.3. The summed E-state index contributed by atoms with van der Waals surface area (Å²) in [6.45, 7) is -0.134. The van der Waals surface area contributed by atoms with Gasteiger partial charge in [0.1, 0.15) is 5.75 Å². The van der Waals surface area contributed by atoms with Crippen molar-refractivity contribution in [3.8, 4) is 5.75 Å². The molecule has 0 saturated heterocycles. The molecule has 1 atom stereocenters. The second-order valence-electron chi connectivity index (χ2n) is 8.71. The van der Waals surface area contributed by atoms with Crippen LogP contribution in [0.4, 0.5) is 26.3 Å². The smallest absolute Gasteiger partial charge is 0.481 e. The van der Waals surface area contributed by atoms with Crippen molar-refractivity contribution in [1.82, 2.24) is 5.32 Å². The zero-order valence-electron chi connectivity index (χ0n) is 21.3. The molecule has 1 unspecified atom stereocenters. The summed E-state index contributed by atoms with van der Waals surface area (Å²) in [6.07, 6.45) is -5.77. The van der Waals surface area contributed by atoms with Gasteiger partial charge in [0.05, 0.1) is 12.3 Å². The van der Waals surface area contributed by atoms with Crippen molar-refractivity contribution < 1.29 is 55.4 Å². The maximum absolute atomic E-state index is 13.5. The maximum atomic E-state index is 13.5. The van der Waals surface area contributed by atoms with Crippen LogP contribution in [0.3, 0.4) is 0 Å². The standard InChI is InChI=1S/C28H21F6NO6S/c29-27(30,31)41-20-10-8-17(9-11-20)25(39)22(15-23(36)19-2-1-3-21(14-19)42-28(32,33)34)16-4-6-18(7-5-16)26(40)35-13-12-24(37)38/h1-11,14,22H,12-13,15H2,(H,35,40)(H,37,38). The molecule has 42 heavy (non-hydrogen) atoms. The predicted molar refractivity (Wildman–Crippen MR) is 139 cm³/mol. The molecule has 0 aliphatic rings. The Kier molecular flexibility index (Phi) is 10.4. The first-order valence-corrected chi connectivity index (χ1v) is 12.8. The first-order chi connectivity index (χ1) is 19.6. The first kappa shape index (κ1) is 32.2. The molecule has 0 fully saturated rings. The van der Waals surface area contributed by atoms with E-state index in [-0.39, 0.29) is 40.1 Å². The molecule has 0 spiro atoms. The maximum Gasteiger partial charge on any atom is 0.573 e. The van der Waals surface area contributed by atoms with E-state index < -0.39 is 65.2 Å². The summed E-state index contributed by atoms with van der Waals surface area (Å²) >= 11 is -0.414. The molecule has 0 aromatic heterocycles. The summed E-state index contributed by atoms with van der Waals surface area (Å²) in [4.78, 5) is 49.3. The van der Waals surface area contributed by atoms with Crippen molar-refractivity contribution in [3.63, 3.8) is 0 Å². The monoisotopic (exact) mass is 613 g/mol. The van der Waals surface area contributed by atoms with Gasteiger partial charge in [0.25, 0.3) is 5.91 Å². The van der Waals surface area contributed by atoms with Gasteiger partial charge in [0.15, 0.2) is 11.6 Å². The fourth-order valence-electron chi connectivity index (χ4n) is 3.81. The van der Waals surface area contributed by atoms with E-state index in [0.717, 1.165) is 30.3 Å². The van der Waals surface area contributed by atoms with Gasteiger partial charge >= 0.3 is 17.8 Å². The lowest BCUT2D eigenvalue weighted by Crippen LogP contribution is -2.26. The number of nitrogens with one attached hydrogen (secondary N) is 1. The molecule has 0 heterocycles. The molecule has 2 N–H and O–H groups in total. The highest BCUT2D eigenvalue weighted by Gasteiger charge is 2.32. The van der Waals surface area contributed by atoms with Gasteiger partial charge < -0.3 is 15.2 Å². The van der Waals surface area contributed by atoms with Crippen LogP contribution in [0.1, 0.15) is 55.4 Å². The topological polar surface area (TPSA) is 110 Å². The van der Waals surface area contributed by atoms with Crippen LogP contribution in [0.25, 0.3) is 0 Å². The Morgan fingerprint density at radius 2 is 1.45 bits per heavy atom. The lowest BCUT2D eigenvalue weighted by molar-refractivity contribution is -0.274. The fraction of sp³-hybridized carbons (Fsp3) is 0.214. The number of aliphatic carboxylic acids is 1. The molecule has 3 aromatic rings. The molecule has 0 saturated carbocycles. The Morgan fingerprint density at radius 3 is 2.02 bits per heavy atom. The number of halogens is 6. The SMILES string of the molecule is O=C(O)CCNC(=O)c1ccc(C(CC(=O)c2cccc(SC(F)(F)F)c2)C(=O)c2ccc(OC(F)(F)F)cc2)cc1. The Hall–Kier alpha value is -4.33. The lowest BCUT2D eigenvalue weighted by Gasteiger charge is -2.17. The highest BCUT2D eigenvalue weighted by Crippen LogP contribution is 2.37. The van der Waals surface area contributed by atoms with Crippen LogP contribution in [-0.4, -0.2) is 47.0 Å². The van der Waals surface area contributed by atoms with E-state index in [1.807, 2.05) is 0 Å². The predicted octanol–water partition coefficient (Wildman–Crippen LogP) is 6.64. The summed E-state index contributed by atoms with van der Waals surface area (Å²) < 4.78 is 79.8. The second kappa shape index (κ2) is 13.6. The number of carbonyl (C=O) groups is 4. The van der Waals surface area contributed by atoms with E-state index in [1.165, 1.54) is 42.5 Å². The van der Waals surface area contributed by atoms with Crippen LogP contribution in [0.15, 0.2) is 77.7 Å². The number of carboxylic acid groups (broad SMARTS) is 1. The van der Waals surface area contributed by atoms with Crippen LogP contribution >= 0.6 is 11.8 Å². The van der Waals surface area contributed by atoms with Gasteiger partial charge in [-0.2, -0.15) is 13.2 Å². The largest absolute Gasteiger partial charge is 0.573 e. The van der Waals surface area contributed by atoms with Crippen molar-refractivity contribution in [2.24, 2.45) is 0 Å². The lowest BCUT2D eigenvalue weighted by atomic mass is 9.85. The van der Waals surface area contributed by atoms with Crippen molar-refractivity contribution in [3.05, 3.63) is 95.1 Å². The molecule has 3 rings (SSSR count). The molecular formula is C28H21F6NO6S. The number of hydrogen-bond acceptors (Lipinski definition) is 6. The highest BCUT2D eigenvalue weighted by atomic mass is 32.2. The quantitative estimate of drug-likeness (QED) is 0.134. The molecule has 7 nitrogen and oxygen atoms in total. The third-order valence-electron chi connectivity index (χ3n) is 5.67. The van der Waals surface area contributed by atoms with Crippen molar-refractivity contribution in [2.75, 3.05) is 6.54 Å². The van der Waals surface area contributed by atoms with E-state index in [9.17, 15) is 45.5 Å². The van der Waals surface area contributed by atoms with E-state index in [0.29, 0.717) is 0 Å². The number of alkyl halides is 6. The van der Waals surface area contributed by atoms with Gasteiger partial charge in [-0.15, -0.1) is 13.2 Å². The van der Waals surface area contributed by atoms with Crippen molar-refractivity contribution in [1.29, 1.82) is 0 Å². The second-order valence-corrected chi connectivity index (χ2v) is 9.85. The third-order valence-corrected chi connectivity index (χ3v) is 6.39. The Labute approximate surface area is 238 Å². The van der Waals surface area contributed by atoms with Crippen LogP contribution in [-0.2, 0) is 4.79 Å². The van der Waals surface area contributed by atoms with E-state index >= 15 is 0 Å². The number of carboxylic acids is 1. The zero-order chi connectivity index (χ0) is 31.1. The molecular weight excluding hydrogens is 592 g/mol. The van der Waals surface area contributed by atoms with Crippen LogP contribution < -0.4 is 10.1 Å². The average molecular weight is 614 g/mol. The minimum atomic E-state index is -4.96. The Morgan fingerprint density at radius 1 is 0.833 bits per heavy atom. The van der Waals surface area contributed by atoms with E-state index in [1.54, 1.807) is 0 Å². The molecule has 1 amide bonds. The Balaban J connectivity index is 1.89. The summed E-state index contributed by atoms with van der Waals surface area (Å²) in [7, 11) is 0. The van der Waals surface area contributed by atoms with Crippen LogP contribution in [0.2, 0.25) is 0 Å². The third kappa shape index (κ3) is 9.94. The van der Waals surface area contributed by atoms with Crippen LogP contribution in [0.5, 0.6) is 5.75 Å². The van der Waals surface area contributed by atoms with Gasteiger partial charge in [-0.1, -0.05) is 24.3 Å². The number of ketones is 2. The molecule has 0 bridgehead atoms. The highest BCUT2D eigenvalue weighted by molar-refractivity contribution is 8.00. The number of thioether (sulfide) groups is 1. The number of amides is 1. The number of Topliss-reactive ketones (excluding diaryl/α,β-unsaturated/α-hetero) is 2.